The second kappa shape index (κ2) is 5.55. The van der Waals surface area contributed by atoms with E-state index in [-0.39, 0.29) is 5.91 Å². The van der Waals surface area contributed by atoms with Gasteiger partial charge >= 0.3 is 0 Å². The van der Waals surface area contributed by atoms with E-state index in [0.29, 0.717) is 10.6 Å². The zero-order chi connectivity index (χ0) is 13.1. The molecule has 2 aromatic carbocycles. The molecule has 1 amide bonds. The number of hydrogen-bond acceptors (Lipinski definition) is 1. The molecule has 0 aliphatic heterocycles. The van der Waals surface area contributed by atoms with Gasteiger partial charge in [-0.15, -0.1) is 0 Å². The van der Waals surface area contributed by atoms with Crippen LogP contribution in [0.5, 0.6) is 0 Å². The van der Waals surface area contributed by atoms with E-state index >= 15 is 0 Å². The van der Waals surface area contributed by atoms with Gasteiger partial charge in [0, 0.05) is 10.2 Å². The Kier molecular flexibility index (Phi) is 4.04. The number of hydrogen-bond donors (Lipinski definition) is 1. The second-order valence-electron chi connectivity index (χ2n) is 3.89. The van der Waals surface area contributed by atoms with Crippen LogP contribution in [0.15, 0.2) is 46.9 Å². The Hall–Kier alpha value is -1.32. The van der Waals surface area contributed by atoms with Crippen molar-refractivity contribution >= 4 is 39.1 Å². The van der Waals surface area contributed by atoms with Gasteiger partial charge in [0.1, 0.15) is 0 Å². The maximum atomic E-state index is 12.1. The normalized spacial score (nSPS) is 10.2. The lowest BCUT2D eigenvalue weighted by molar-refractivity contribution is 0.102. The van der Waals surface area contributed by atoms with Crippen molar-refractivity contribution in [3.8, 4) is 0 Å². The summed E-state index contributed by atoms with van der Waals surface area (Å²) in [5, 5.41) is 3.30. The number of aryl methyl sites for hydroxylation is 1. The molecule has 0 aliphatic rings. The number of anilines is 1. The number of nitrogens with one attached hydrogen (secondary N) is 1. The number of halogens is 2. The van der Waals surface area contributed by atoms with E-state index in [1.165, 1.54) is 0 Å². The Labute approximate surface area is 119 Å². The first kappa shape index (κ1) is 13.1. The van der Waals surface area contributed by atoms with Crippen molar-refractivity contribution in [2.75, 3.05) is 5.32 Å². The molecule has 0 spiro atoms. The van der Waals surface area contributed by atoms with Crippen molar-refractivity contribution in [2.45, 2.75) is 6.92 Å². The lowest BCUT2D eigenvalue weighted by Crippen LogP contribution is -2.13. The minimum absolute atomic E-state index is 0.203. The molecule has 0 atom stereocenters. The smallest absolute Gasteiger partial charge is 0.257 e. The Morgan fingerprint density at radius 2 is 1.94 bits per heavy atom. The van der Waals surface area contributed by atoms with Crippen LogP contribution in [0.25, 0.3) is 0 Å². The first-order valence-corrected chi connectivity index (χ1v) is 6.57. The molecule has 0 radical (unpaired) electrons. The maximum Gasteiger partial charge on any atom is 0.257 e. The highest BCUT2D eigenvalue weighted by molar-refractivity contribution is 9.10. The fourth-order valence-corrected chi connectivity index (χ4v) is 2.30. The van der Waals surface area contributed by atoms with Crippen LogP contribution < -0.4 is 5.32 Å². The molecule has 0 heterocycles. The molecule has 2 aromatic rings. The van der Waals surface area contributed by atoms with E-state index in [4.69, 9.17) is 11.6 Å². The summed E-state index contributed by atoms with van der Waals surface area (Å²) in [5.41, 5.74) is 2.24. The highest BCUT2D eigenvalue weighted by Gasteiger charge is 2.10. The number of benzene rings is 2. The molecule has 92 valence electrons. The van der Waals surface area contributed by atoms with Crippen molar-refractivity contribution in [3.63, 3.8) is 0 Å². The molecule has 0 bridgehead atoms. The topological polar surface area (TPSA) is 29.1 Å². The van der Waals surface area contributed by atoms with E-state index < -0.39 is 0 Å². The predicted molar refractivity (Wildman–Crippen MR) is 78.3 cm³/mol. The van der Waals surface area contributed by atoms with Crippen LogP contribution in [0.3, 0.4) is 0 Å². The molecule has 0 fully saturated rings. The summed E-state index contributed by atoms with van der Waals surface area (Å²) in [7, 11) is 0. The average Bonchev–Trinajstić information content (AvgIpc) is 2.33. The molecule has 0 aromatic heterocycles. The van der Waals surface area contributed by atoms with Gasteiger partial charge in [-0.05, 0) is 42.8 Å². The molecular weight excluding hydrogens is 314 g/mol. The second-order valence-corrected chi connectivity index (χ2v) is 5.22. The molecule has 0 unspecified atom stereocenters. The Morgan fingerprint density at radius 3 is 2.61 bits per heavy atom. The maximum absolute atomic E-state index is 12.1. The van der Waals surface area contributed by atoms with E-state index in [2.05, 4.69) is 21.2 Å². The van der Waals surface area contributed by atoms with Crippen molar-refractivity contribution in [1.82, 2.24) is 0 Å². The summed E-state index contributed by atoms with van der Waals surface area (Å²) >= 11 is 9.37. The minimum Gasteiger partial charge on any atom is -0.322 e. The molecule has 1 N–H and O–H groups in total. The van der Waals surface area contributed by atoms with Crippen molar-refractivity contribution in [1.29, 1.82) is 0 Å². The van der Waals surface area contributed by atoms with Gasteiger partial charge in [-0.2, -0.15) is 0 Å². The molecule has 0 saturated heterocycles. The zero-order valence-electron chi connectivity index (χ0n) is 9.71. The SMILES string of the molecule is Cc1cc(Br)ccc1NC(=O)c1ccccc1Cl. The van der Waals surface area contributed by atoms with Crippen molar-refractivity contribution in [3.05, 3.63) is 63.1 Å². The van der Waals surface area contributed by atoms with E-state index in [1.807, 2.05) is 25.1 Å². The largest absolute Gasteiger partial charge is 0.322 e. The third kappa shape index (κ3) is 2.92. The molecule has 0 aliphatic carbocycles. The fraction of sp³-hybridized carbons (Fsp3) is 0.0714. The van der Waals surface area contributed by atoms with Crippen LogP contribution in [0, 0.1) is 6.92 Å². The zero-order valence-corrected chi connectivity index (χ0v) is 12.0. The summed E-state index contributed by atoms with van der Waals surface area (Å²) in [6, 6.07) is 12.7. The molecule has 0 saturated carbocycles. The van der Waals surface area contributed by atoms with Gasteiger partial charge in [0.05, 0.1) is 10.6 Å². The summed E-state index contributed by atoms with van der Waals surface area (Å²) in [5.74, 6) is -0.203. The van der Waals surface area contributed by atoms with Crippen LogP contribution in [-0.2, 0) is 0 Å². The van der Waals surface area contributed by atoms with Gasteiger partial charge in [0.2, 0.25) is 0 Å². The van der Waals surface area contributed by atoms with Crippen LogP contribution in [0.2, 0.25) is 5.02 Å². The lowest BCUT2D eigenvalue weighted by atomic mass is 10.1. The monoisotopic (exact) mass is 323 g/mol. The van der Waals surface area contributed by atoms with Gasteiger partial charge in [-0.1, -0.05) is 39.7 Å². The van der Waals surface area contributed by atoms with E-state index in [0.717, 1.165) is 15.7 Å². The molecule has 2 rings (SSSR count). The lowest BCUT2D eigenvalue weighted by Gasteiger charge is -2.09. The quantitative estimate of drug-likeness (QED) is 0.855. The standard InChI is InChI=1S/C14H11BrClNO/c1-9-8-10(15)6-7-13(9)17-14(18)11-4-2-3-5-12(11)16/h2-8H,1H3,(H,17,18). The Morgan fingerprint density at radius 1 is 1.22 bits per heavy atom. The van der Waals surface area contributed by atoms with Crippen LogP contribution >= 0.6 is 27.5 Å². The molecule has 4 heteroatoms. The van der Waals surface area contributed by atoms with Gasteiger partial charge in [-0.25, -0.2) is 0 Å². The first-order valence-electron chi connectivity index (χ1n) is 5.40. The van der Waals surface area contributed by atoms with Gasteiger partial charge < -0.3 is 5.32 Å². The van der Waals surface area contributed by atoms with E-state index in [9.17, 15) is 4.79 Å². The van der Waals surface area contributed by atoms with Crippen LogP contribution in [-0.4, -0.2) is 5.91 Å². The van der Waals surface area contributed by atoms with Crippen molar-refractivity contribution in [2.24, 2.45) is 0 Å². The number of amides is 1. The summed E-state index contributed by atoms with van der Waals surface area (Å²) in [6.45, 7) is 1.94. The predicted octanol–water partition coefficient (Wildman–Crippen LogP) is 4.66. The number of carbonyl (C=O) groups excluding carboxylic acids is 1. The highest BCUT2D eigenvalue weighted by atomic mass is 79.9. The summed E-state index contributed by atoms with van der Waals surface area (Å²) in [4.78, 5) is 12.1. The van der Waals surface area contributed by atoms with E-state index in [1.54, 1.807) is 24.3 Å². The van der Waals surface area contributed by atoms with Crippen molar-refractivity contribution < 1.29 is 4.79 Å². The number of rotatable bonds is 2. The fourth-order valence-electron chi connectivity index (χ4n) is 1.60. The molecule has 18 heavy (non-hydrogen) atoms. The molecule has 2 nitrogen and oxygen atoms in total. The van der Waals surface area contributed by atoms with Gasteiger partial charge in [-0.3, -0.25) is 4.79 Å². The number of carbonyl (C=O) groups is 1. The van der Waals surface area contributed by atoms with Gasteiger partial charge in [0.25, 0.3) is 5.91 Å². The minimum atomic E-state index is -0.203. The van der Waals surface area contributed by atoms with Gasteiger partial charge in [0.15, 0.2) is 0 Å². The highest BCUT2D eigenvalue weighted by Crippen LogP contribution is 2.22. The summed E-state index contributed by atoms with van der Waals surface area (Å²) in [6.07, 6.45) is 0. The summed E-state index contributed by atoms with van der Waals surface area (Å²) < 4.78 is 0.982. The molecular formula is C14H11BrClNO. The third-order valence-electron chi connectivity index (χ3n) is 2.56. The first-order chi connectivity index (χ1) is 8.58. The average molecular weight is 325 g/mol. The van der Waals surface area contributed by atoms with Crippen LogP contribution in [0.1, 0.15) is 15.9 Å². The Bertz CT molecular complexity index is 598. The third-order valence-corrected chi connectivity index (χ3v) is 3.38. The Balaban J connectivity index is 2.24. The van der Waals surface area contributed by atoms with Crippen LogP contribution in [0.4, 0.5) is 5.69 Å².